The lowest BCUT2D eigenvalue weighted by Crippen LogP contribution is -2.45. The van der Waals surface area contributed by atoms with Crippen LogP contribution < -0.4 is 5.32 Å². The molecule has 0 aliphatic carbocycles. The number of rotatable bonds is 4. The maximum absolute atomic E-state index is 13.4. The van der Waals surface area contributed by atoms with Gasteiger partial charge in [-0.25, -0.2) is 4.98 Å². The van der Waals surface area contributed by atoms with E-state index in [9.17, 15) is 22.8 Å². The van der Waals surface area contributed by atoms with E-state index in [4.69, 9.17) is 4.52 Å². The molecule has 2 amide bonds. The van der Waals surface area contributed by atoms with Crippen molar-refractivity contribution in [2.75, 3.05) is 13.1 Å². The van der Waals surface area contributed by atoms with Gasteiger partial charge < -0.3 is 19.3 Å². The molecular formula is C16H18F3N5O3. The molecule has 8 nitrogen and oxygen atoms in total. The van der Waals surface area contributed by atoms with Crippen molar-refractivity contribution in [2.24, 2.45) is 13.0 Å². The quantitative estimate of drug-likeness (QED) is 0.859. The summed E-state index contributed by atoms with van der Waals surface area (Å²) in [5, 5.41) is 5.89. The molecule has 1 N–H and O–H groups in total. The van der Waals surface area contributed by atoms with Crippen LogP contribution in [0.15, 0.2) is 23.1 Å². The molecule has 3 rings (SSSR count). The molecule has 2 aromatic heterocycles. The highest BCUT2D eigenvalue weighted by molar-refractivity contribution is 5.93. The number of hydrogen-bond donors (Lipinski definition) is 1. The van der Waals surface area contributed by atoms with E-state index in [0.29, 0.717) is 12.2 Å². The van der Waals surface area contributed by atoms with E-state index in [0.717, 1.165) is 4.90 Å². The lowest BCUT2D eigenvalue weighted by Gasteiger charge is -2.21. The predicted molar refractivity (Wildman–Crippen MR) is 85.8 cm³/mol. The second kappa shape index (κ2) is 7.05. The third-order valence-electron chi connectivity index (χ3n) is 4.41. The van der Waals surface area contributed by atoms with Crippen LogP contribution in [0.4, 0.5) is 13.2 Å². The Morgan fingerprint density at radius 3 is 2.63 bits per heavy atom. The van der Waals surface area contributed by atoms with Gasteiger partial charge in [-0.05, 0) is 0 Å². The molecule has 2 aromatic rings. The first-order valence-electron chi connectivity index (χ1n) is 8.29. The number of nitrogens with one attached hydrogen (secondary N) is 1. The molecule has 0 aromatic carbocycles. The van der Waals surface area contributed by atoms with E-state index in [1.54, 1.807) is 14.0 Å². The summed E-state index contributed by atoms with van der Waals surface area (Å²) in [6, 6.07) is 0.0934. The highest BCUT2D eigenvalue weighted by atomic mass is 19.4. The molecule has 0 saturated carbocycles. The Hall–Kier alpha value is -2.85. The highest BCUT2D eigenvalue weighted by Gasteiger charge is 2.51. The van der Waals surface area contributed by atoms with Gasteiger partial charge in [0.15, 0.2) is 5.69 Å². The zero-order chi connectivity index (χ0) is 19.8. The minimum absolute atomic E-state index is 0.0505. The minimum atomic E-state index is -4.57. The van der Waals surface area contributed by atoms with E-state index in [1.165, 1.54) is 23.2 Å². The van der Waals surface area contributed by atoms with Crippen molar-refractivity contribution < 1.29 is 27.3 Å². The summed E-state index contributed by atoms with van der Waals surface area (Å²) in [5.41, 5.74) is -0.0447. The second-order valence-corrected chi connectivity index (χ2v) is 6.39. The summed E-state index contributed by atoms with van der Waals surface area (Å²) in [6.45, 7) is 0.965. The van der Waals surface area contributed by atoms with Gasteiger partial charge in [-0.3, -0.25) is 9.59 Å². The van der Waals surface area contributed by atoms with Crippen LogP contribution >= 0.6 is 0 Å². The van der Waals surface area contributed by atoms with Crippen LogP contribution in [0.5, 0.6) is 0 Å². The Labute approximate surface area is 152 Å². The Morgan fingerprint density at radius 2 is 2.07 bits per heavy atom. The second-order valence-electron chi connectivity index (χ2n) is 6.39. The number of aromatic nitrogens is 3. The van der Waals surface area contributed by atoms with Crippen LogP contribution in [0, 0.1) is 5.92 Å². The summed E-state index contributed by atoms with van der Waals surface area (Å²) in [5.74, 6) is -2.82. The maximum Gasteiger partial charge on any atom is 0.395 e. The minimum Gasteiger partial charge on any atom is -0.361 e. The fourth-order valence-electron chi connectivity index (χ4n) is 2.96. The Bertz CT molecular complexity index is 844. The molecule has 0 unspecified atom stereocenters. The van der Waals surface area contributed by atoms with E-state index in [2.05, 4.69) is 15.5 Å². The highest BCUT2D eigenvalue weighted by Crippen LogP contribution is 2.34. The summed E-state index contributed by atoms with van der Waals surface area (Å²) in [4.78, 5) is 29.6. The summed E-state index contributed by atoms with van der Waals surface area (Å²) >= 11 is 0. The SMILES string of the molecule is CCc1cc(C(=O)N[C@@H]2CN(C(=O)c3cn(C)cn3)C[C@H]2C(F)(F)F)no1. The van der Waals surface area contributed by atoms with Gasteiger partial charge in [0.1, 0.15) is 11.5 Å². The van der Waals surface area contributed by atoms with Crippen molar-refractivity contribution in [1.29, 1.82) is 0 Å². The molecule has 0 spiro atoms. The normalized spacial score (nSPS) is 20.1. The first kappa shape index (κ1) is 18.9. The van der Waals surface area contributed by atoms with Gasteiger partial charge in [0.05, 0.1) is 18.3 Å². The number of aryl methyl sites for hydroxylation is 2. The number of carbonyl (C=O) groups excluding carboxylic acids is 2. The molecule has 0 radical (unpaired) electrons. The Kier molecular flexibility index (Phi) is 4.94. The van der Waals surface area contributed by atoms with Crippen molar-refractivity contribution in [1.82, 2.24) is 24.9 Å². The number of carbonyl (C=O) groups is 2. The molecule has 1 aliphatic rings. The lowest BCUT2D eigenvalue weighted by atomic mass is 10.0. The molecule has 2 atom stereocenters. The van der Waals surface area contributed by atoms with Crippen molar-refractivity contribution in [3.05, 3.63) is 35.7 Å². The molecule has 11 heteroatoms. The zero-order valence-electron chi connectivity index (χ0n) is 14.7. The average molecular weight is 385 g/mol. The number of nitrogens with zero attached hydrogens (tertiary/aromatic N) is 4. The van der Waals surface area contributed by atoms with Gasteiger partial charge in [0, 0.05) is 38.8 Å². The molecule has 0 bridgehead atoms. The molecule has 1 saturated heterocycles. The van der Waals surface area contributed by atoms with E-state index >= 15 is 0 Å². The van der Waals surface area contributed by atoms with Crippen LogP contribution in [-0.4, -0.2) is 56.7 Å². The number of likely N-dealkylation sites (tertiary alicyclic amines) is 1. The van der Waals surface area contributed by atoms with E-state index in [1.807, 2.05) is 0 Å². The molecule has 27 heavy (non-hydrogen) atoms. The van der Waals surface area contributed by atoms with Crippen LogP contribution in [0.1, 0.15) is 33.7 Å². The van der Waals surface area contributed by atoms with Gasteiger partial charge >= 0.3 is 6.18 Å². The number of hydrogen-bond acceptors (Lipinski definition) is 5. The van der Waals surface area contributed by atoms with Crippen LogP contribution in [0.25, 0.3) is 0 Å². The Morgan fingerprint density at radius 1 is 1.33 bits per heavy atom. The number of halogens is 3. The number of imidazole rings is 1. The zero-order valence-corrected chi connectivity index (χ0v) is 14.7. The van der Waals surface area contributed by atoms with Gasteiger partial charge in [-0.1, -0.05) is 12.1 Å². The van der Waals surface area contributed by atoms with Crippen LogP contribution in [-0.2, 0) is 13.5 Å². The fourth-order valence-corrected chi connectivity index (χ4v) is 2.96. The van der Waals surface area contributed by atoms with Gasteiger partial charge in [-0.15, -0.1) is 0 Å². The Balaban J connectivity index is 1.75. The van der Waals surface area contributed by atoms with E-state index < -0.39 is 36.5 Å². The van der Waals surface area contributed by atoms with Crippen molar-refractivity contribution in [3.8, 4) is 0 Å². The lowest BCUT2D eigenvalue weighted by molar-refractivity contribution is -0.174. The van der Waals surface area contributed by atoms with Crippen molar-refractivity contribution in [2.45, 2.75) is 25.6 Å². The van der Waals surface area contributed by atoms with Gasteiger partial charge in [0.25, 0.3) is 11.8 Å². The molecule has 3 heterocycles. The molecule has 146 valence electrons. The average Bonchev–Trinajstić information content (AvgIpc) is 3.32. The fraction of sp³-hybridized carbons (Fsp3) is 0.500. The van der Waals surface area contributed by atoms with Gasteiger partial charge in [-0.2, -0.15) is 13.2 Å². The van der Waals surface area contributed by atoms with Crippen LogP contribution in [0.2, 0.25) is 0 Å². The molecule has 1 fully saturated rings. The van der Waals surface area contributed by atoms with Gasteiger partial charge in [0.2, 0.25) is 0 Å². The summed E-state index contributed by atoms with van der Waals surface area (Å²) in [7, 11) is 1.65. The molecule has 1 aliphatic heterocycles. The first-order valence-corrected chi connectivity index (χ1v) is 8.29. The number of amides is 2. The third-order valence-corrected chi connectivity index (χ3v) is 4.41. The standard InChI is InChI=1S/C16H18F3N5O3/c1-3-9-4-11(22-27-9)14(25)21-12-7-24(5-10(12)16(17,18)19)15(26)13-6-23(2)8-20-13/h4,6,8,10,12H,3,5,7H2,1-2H3,(H,21,25)/t10-,12-/m1/s1. The predicted octanol–water partition coefficient (Wildman–Crippen LogP) is 1.40. The van der Waals surface area contributed by atoms with Crippen LogP contribution in [0.3, 0.4) is 0 Å². The summed E-state index contributed by atoms with van der Waals surface area (Å²) in [6.07, 6.45) is -1.26. The summed E-state index contributed by atoms with van der Waals surface area (Å²) < 4.78 is 46.7. The maximum atomic E-state index is 13.4. The van der Waals surface area contributed by atoms with E-state index in [-0.39, 0.29) is 17.9 Å². The van der Waals surface area contributed by atoms with Crippen molar-refractivity contribution in [3.63, 3.8) is 0 Å². The monoisotopic (exact) mass is 385 g/mol. The largest absolute Gasteiger partial charge is 0.395 e. The third kappa shape index (κ3) is 3.96. The first-order chi connectivity index (χ1) is 12.7. The molecular weight excluding hydrogens is 367 g/mol. The van der Waals surface area contributed by atoms with Crippen molar-refractivity contribution >= 4 is 11.8 Å². The number of alkyl halides is 3. The smallest absolute Gasteiger partial charge is 0.361 e. The topological polar surface area (TPSA) is 93.3 Å².